The highest BCUT2D eigenvalue weighted by Gasteiger charge is 2.09. The molecule has 1 aromatic heterocycles. The average molecular weight is 308 g/mol. The van der Waals surface area contributed by atoms with Crippen LogP contribution in [0.5, 0.6) is 0 Å². The van der Waals surface area contributed by atoms with Crippen molar-refractivity contribution in [1.82, 2.24) is 0 Å². The summed E-state index contributed by atoms with van der Waals surface area (Å²) in [6.07, 6.45) is 0. The summed E-state index contributed by atoms with van der Waals surface area (Å²) in [6.45, 7) is 0. The Morgan fingerprint density at radius 3 is 2.14 bits per heavy atom. The van der Waals surface area contributed by atoms with Crippen LogP contribution < -0.4 is 0 Å². The largest absolute Gasteiger partial charge is 0.128 e. The van der Waals surface area contributed by atoms with Gasteiger partial charge in [0, 0.05) is 10.4 Å². The Morgan fingerprint density at radius 1 is 1.00 bits per heavy atom. The molecule has 0 spiro atoms. The van der Waals surface area contributed by atoms with Crippen molar-refractivity contribution in [2.75, 3.05) is 0 Å². The Morgan fingerprint density at radius 2 is 1.64 bits per heavy atom. The van der Waals surface area contributed by atoms with E-state index in [1.165, 1.54) is 0 Å². The lowest BCUT2D eigenvalue weighted by Crippen LogP contribution is -1.76. The van der Waals surface area contributed by atoms with Gasteiger partial charge in [0.1, 0.15) is 0 Å². The van der Waals surface area contributed by atoms with Gasteiger partial charge in [0.25, 0.3) is 0 Å². The molecule has 0 radical (unpaired) electrons. The van der Waals surface area contributed by atoms with Gasteiger partial charge in [-0.2, -0.15) is 0 Å². The molecule has 0 amide bonds. The van der Waals surface area contributed by atoms with E-state index in [2.05, 4.69) is 15.9 Å². The first-order chi connectivity index (χ1) is 6.68. The molecule has 1 heterocycles. The molecule has 0 bridgehead atoms. The molecule has 0 fully saturated rings. The zero-order valence-electron chi connectivity index (χ0n) is 6.93. The van der Waals surface area contributed by atoms with Crippen molar-refractivity contribution in [3.8, 4) is 10.4 Å². The molecule has 2 rings (SSSR count). The molecule has 0 N–H and O–H groups in total. The second-order valence-corrected chi connectivity index (χ2v) is 5.98. The zero-order valence-corrected chi connectivity index (χ0v) is 10.8. The van der Waals surface area contributed by atoms with Crippen molar-refractivity contribution in [2.45, 2.75) is 0 Å². The molecule has 0 saturated carbocycles. The molecule has 0 aliphatic carbocycles. The summed E-state index contributed by atoms with van der Waals surface area (Å²) in [5, 5.41) is 1.37. The standard InChI is InChI=1S/C10H5BrCl2S/c11-9-5-4-8(14-9)10-6(12)2-1-3-7(10)13/h1-5H. The highest BCUT2D eigenvalue weighted by atomic mass is 79.9. The first-order valence-corrected chi connectivity index (χ1v) is 6.25. The van der Waals surface area contributed by atoms with Gasteiger partial charge in [0.2, 0.25) is 0 Å². The van der Waals surface area contributed by atoms with Gasteiger partial charge in [0.15, 0.2) is 0 Å². The van der Waals surface area contributed by atoms with Gasteiger partial charge in [-0.3, -0.25) is 0 Å². The van der Waals surface area contributed by atoms with E-state index < -0.39 is 0 Å². The van der Waals surface area contributed by atoms with E-state index in [1.807, 2.05) is 30.3 Å². The van der Waals surface area contributed by atoms with Gasteiger partial charge >= 0.3 is 0 Å². The highest BCUT2D eigenvalue weighted by molar-refractivity contribution is 9.11. The van der Waals surface area contributed by atoms with E-state index >= 15 is 0 Å². The van der Waals surface area contributed by atoms with Crippen LogP contribution in [0.4, 0.5) is 0 Å². The van der Waals surface area contributed by atoms with Crippen molar-refractivity contribution in [3.05, 3.63) is 44.2 Å². The molecule has 0 nitrogen and oxygen atoms in total. The van der Waals surface area contributed by atoms with E-state index in [0.717, 1.165) is 14.2 Å². The fourth-order valence-electron chi connectivity index (χ4n) is 1.18. The van der Waals surface area contributed by atoms with Crippen LogP contribution in [-0.2, 0) is 0 Å². The van der Waals surface area contributed by atoms with Gasteiger partial charge in [-0.05, 0) is 40.2 Å². The third kappa shape index (κ3) is 1.98. The maximum atomic E-state index is 6.08. The Hall–Kier alpha value is -0.0200. The maximum Gasteiger partial charge on any atom is 0.0705 e. The number of rotatable bonds is 1. The predicted octanol–water partition coefficient (Wildman–Crippen LogP) is 5.48. The molecule has 72 valence electrons. The van der Waals surface area contributed by atoms with Gasteiger partial charge in [-0.15, -0.1) is 11.3 Å². The van der Waals surface area contributed by atoms with Crippen molar-refractivity contribution < 1.29 is 0 Å². The van der Waals surface area contributed by atoms with Crippen LogP contribution in [0.15, 0.2) is 34.1 Å². The molecular formula is C10H5BrCl2S. The van der Waals surface area contributed by atoms with Gasteiger partial charge < -0.3 is 0 Å². The summed E-state index contributed by atoms with van der Waals surface area (Å²) in [6, 6.07) is 9.52. The van der Waals surface area contributed by atoms with E-state index in [1.54, 1.807) is 11.3 Å². The summed E-state index contributed by atoms with van der Waals surface area (Å²) < 4.78 is 1.07. The Balaban J connectivity index is 2.61. The lowest BCUT2D eigenvalue weighted by Gasteiger charge is -2.03. The second kappa shape index (κ2) is 4.23. The topological polar surface area (TPSA) is 0 Å². The number of thiophene rings is 1. The van der Waals surface area contributed by atoms with Gasteiger partial charge in [-0.25, -0.2) is 0 Å². The average Bonchev–Trinajstić information content (AvgIpc) is 2.51. The van der Waals surface area contributed by atoms with E-state index in [4.69, 9.17) is 23.2 Å². The molecule has 0 aliphatic rings. The molecule has 0 saturated heterocycles. The fraction of sp³-hybridized carbons (Fsp3) is 0. The zero-order chi connectivity index (χ0) is 10.1. The molecule has 0 unspecified atom stereocenters. The number of hydrogen-bond acceptors (Lipinski definition) is 1. The molecule has 1 aromatic carbocycles. The van der Waals surface area contributed by atoms with Crippen molar-refractivity contribution in [3.63, 3.8) is 0 Å². The minimum Gasteiger partial charge on any atom is -0.128 e. The van der Waals surface area contributed by atoms with Gasteiger partial charge in [-0.1, -0.05) is 29.3 Å². The third-order valence-corrected chi connectivity index (χ3v) is 4.05. The monoisotopic (exact) mass is 306 g/mol. The second-order valence-electron chi connectivity index (χ2n) is 2.70. The number of benzene rings is 1. The maximum absolute atomic E-state index is 6.08. The first-order valence-electron chi connectivity index (χ1n) is 3.88. The van der Waals surface area contributed by atoms with E-state index in [0.29, 0.717) is 10.0 Å². The van der Waals surface area contributed by atoms with Crippen molar-refractivity contribution >= 4 is 50.5 Å². The lowest BCUT2D eigenvalue weighted by atomic mass is 10.2. The van der Waals surface area contributed by atoms with Gasteiger partial charge in [0.05, 0.1) is 13.8 Å². The van der Waals surface area contributed by atoms with E-state index in [9.17, 15) is 0 Å². The number of halogens is 3. The Kier molecular flexibility index (Phi) is 3.17. The SMILES string of the molecule is Clc1cccc(Cl)c1-c1ccc(Br)s1. The molecule has 0 atom stereocenters. The molecule has 0 aliphatic heterocycles. The summed E-state index contributed by atoms with van der Waals surface area (Å²) in [5.41, 5.74) is 0.909. The minimum absolute atomic E-state index is 0.687. The summed E-state index contributed by atoms with van der Waals surface area (Å²) in [7, 11) is 0. The molecule has 4 heteroatoms. The molecule has 14 heavy (non-hydrogen) atoms. The van der Waals surface area contributed by atoms with Crippen LogP contribution in [0, 0.1) is 0 Å². The highest BCUT2D eigenvalue weighted by Crippen LogP contribution is 2.39. The quantitative estimate of drug-likeness (QED) is 0.654. The van der Waals surface area contributed by atoms with E-state index in [-0.39, 0.29) is 0 Å². The number of hydrogen-bond donors (Lipinski definition) is 0. The molecule has 2 aromatic rings. The summed E-state index contributed by atoms with van der Waals surface area (Å²) in [4.78, 5) is 1.08. The minimum atomic E-state index is 0.687. The van der Waals surface area contributed by atoms with Crippen LogP contribution in [0.2, 0.25) is 10.0 Å². The van der Waals surface area contributed by atoms with Crippen LogP contribution in [0.1, 0.15) is 0 Å². The predicted molar refractivity (Wildman–Crippen MR) is 67.5 cm³/mol. The molecular weight excluding hydrogens is 303 g/mol. The smallest absolute Gasteiger partial charge is 0.0705 e. The lowest BCUT2D eigenvalue weighted by molar-refractivity contribution is 1.69. The van der Waals surface area contributed by atoms with Crippen LogP contribution in [0.3, 0.4) is 0 Å². The van der Waals surface area contributed by atoms with Crippen molar-refractivity contribution in [1.29, 1.82) is 0 Å². The summed E-state index contributed by atoms with van der Waals surface area (Å²) >= 11 is 17.2. The fourth-order valence-corrected chi connectivity index (χ4v) is 3.35. The normalized spacial score (nSPS) is 10.5. The van der Waals surface area contributed by atoms with Crippen molar-refractivity contribution in [2.24, 2.45) is 0 Å². The third-order valence-electron chi connectivity index (χ3n) is 1.78. The first kappa shape index (κ1) is 10.5. The Bertz CT molecular complexity index is 445. The van der Waals surface area contributed by atoms with Crippen LogP contribution >= 0.6 is 50.5 Å². The summed E-state index contributed by atoms with van der Waals surface area (Å²) in [5.74, 6) is 0. The van der Waals surface area contributed by atoms with Crippen LogP contribution in [0.25, 0.3) is 10.4 Å². The Labute approximate surface area is 105 Å². The van der Waals surface area contributed by atoms with Crippen LogP contribution in [-0.4, -0.2) is 0 Å².